The van der Waals surface area contributed by atoms with Gasteiger partial charge in [-0.05, 0) is 23.8 Å². The molecule has 9 nitrogen and oxygen atoms in total. The highest BCUT2D eigenvalue weighted by atomic mass is 16.5. The number of nitrogens with one attached hydrogen (secondary N) is 1. The second kappa shape index (κ2) is 9.15. The molecule has 0 saturated carbocycles. The molecule has 2 aromatic carbocycles. The van der Waals surface area contributed by atoms with Gasteiger partial charge in [-0.15, -0.1) is 0 Å². The molecule has 1 atom stereocenters. The summed E-state index contributed by atoms with van der Waals surface area (Å²) in [6.07, 6.45) is 3.48. The van der Waals surface area contributed by atoms with E-state index in [0.717, 1.165) is 5.56 Å². The van der Waals surface area contributed by atoms with Gasteiger partial charge in [-0.1, -0.05) is 18.2 Å². The Morgan fingerprint density at radius 3 is 2.33 bits per heavy atom. The summed E-state index contributed by atoms with van der Waals surface area (Å²) in [4.78, 5) is 30.1. The average Bonchev–Trinajstić information content (AvgIpc) is 3.25. The van der Waals surface area contributed by atoms with Gasteiger partial charge in [0.15, 0.2) is 0 Å². The monoisotopic (exact) mass is 447 g/mol. The Hall–Kier alpha value is -4.14. The molecule has 170 valence electrons. The maximum atomic E-state index is 13.2. The zero-order chi connectivity index (χ0) is 23.5. The number of rotatable bonds is 7. The Bertz CT molecular complexity index is 1350. The van der Waals surface area contributed by atoms with E-state index in [9.17, 15) is 9.59 Å². The van der Waals surface area contributed by atoms with Crippen molar-refractivity contribution in [2.24, 2.45) is 14.1 Å². The Balaban J connectivity index is 1.71. The number of nitrogens with zero attached hydrogens (tertiary/aromatic N) is 4. The van der Waals surface area contributed by atoms with Crippen molar-refractivity contribution in [3.05, 3.63) is 82.3 Å². The highest BCUT2D eigenvalue weighted by Gasteiger charge is 2.23. The number of benzene rings is 2. The van der Waals surface area contributed by atoms with E-state index in [2.05, 4.69) is 15.4 Å². The van der Waals surface area contributed by atoms with Crippen LogP contribution in [0.1, 0.15) is 23.1 Å². The molecule has 0 fully saturated rings. The number of ether oxygens (including phenoxy) is 2. The Labute approximate surface area is 190 Å². The number of carbonyl (C=O) groups is 1. The van der Waals surface area contributed by atoms with Crippen LogP contribution in [0.3, 0.4) is 0 Å². The minimum atomic E-state index is -0.555. The van der Waals surface area contributed by atoms with Crippen molar-refractivity contribution in [1.82, 2.24) is 24.6 Å². The van der Waals surface area contributed by atoms with Crippen LogP contribution >= 0.6 is 0 Å². The standard InChI is InChI=1S/C24H25N5O4/c1-28-10-9-25-23(28)22(15-11-16(32-3)13-17(12-15)33-4)26-21(30)14-20-18-7-5-6-8-19(18)24(31)29(2)27-20/h5-13,22H,14H2,1-4H3,(H,26,30). The van der Waals surface area contributed by atoms with Gasteiger partial charge in [0, 0.05) is 37.9 Å². The minimum Gasteiger partial charge on any atom is -0.497 e. The van der Waals surface area contributed by atoms with Crippen molar-refractivity contribution >= 4 is 16.7 Å². The highest BCUT2D eigenvalue weighted by molar-refractivity contribution is 5.88. The molecule has 0 aliphatic heterocycles. The van der Waals surface area contributed by atoms with Crippen molar-refractivity contribution < 1.29 is 14.3 Å². The summed E-state index contributed by atoms with van der Waals surface area (Å²) in [6, 6.07) is 12.0. The number of aromatic nitrogens is 4. The first-order valence-corrected chi connectivity index (χ1v) is 10.4. The largest absolute Gasteiger partial charge is 0.497 e. The molecule has 0 bridgehead atoms. The lowest BCUT2D eigenvalue weighted by Gasteiger charge is -2.21. The predicted molar refractivity (Wildman–Crippen MR) is 123 cm³/mol. The lowest BCUT2D eigenvalue weighted by atomic mass is 10.0. The molecule has 33 heavy (non-hydrogen) atoms. The lowest BCUT2D eigenvalue weighted by molar-refractivity contribution is -0.121. The molecule has 0 spiro atoms. The van der Waals surface area contributed by atoms with Crippen LogP contribution in [0.15, 0.2) is 59.7 Å². The molecule has 1 amide bonds. The predicted octanol–water partition coefficient (Wildman–Crippen LogP) is 2.13. The topological polar surface area (TPSA) is 100 Å². The molecule has 0 aliphatic rings. The Morgan fingerprint density at radius 2 is 1.73 bits per heavy atom. The maximum Gasteiger partial charge on any atom is 0.274 e. The van der Waals surface area contributed by atoms with E-state index in [0.29, 0.717) is 33.8 Å². The van der Waals surface area contributed by atoms with Gasteiger partial charge in [0.25, 0.3) is 5.56 Å². The number of methoxy groups -OCH3 is 2. The molecule has 4 rings (SSSR count). The third-order valence-electron chi connectivity index (χ3n) is 5.49. The second-order valence-electron chi connectivity index (χ2n) is 7.64. The van der Waals surface area contributed by atoms with Crippen LogP contribution in [-0.4, -0.2) is 39.5 Å². The molecule has 1 N–H and O–H groups in total. The summed E-state index contributed by atoms with van der Waals surface area (Å²) >= 11 is 0. The number of fused-ring (bicyclic) bond motifs is 1. The lowest BCUT2D eigenvalue weighted by Crippen LogP contribution is -2.33. The smallest absolute Gasteiger partial charge is 0.274 e. The number of amides is 1. The van der Waals surface area contributed by atoms with Gasteiger partial charge in [0.2, 0.25) is 5.91 Å². The fourth-order valence-electron chi connectivity index (χ4n) is 3.82. The third kappa shape index (κ3) is 4.43. The number of aryl methyl sites for hydroxylation is 2. The number of hydrogen-bond donors (Lipinski definition) is 1. The van der Waals surface area contributed by atoms with E-state index in [1.807, 2.05) is 36.0 Å². The number of carbonyl (C=O) groups excluding carboxylic acids is 1. The van der Waals surface area contributed by atoms with E-state index in [-0.39, 0.29) is 17.9 Å². The zero-order valence-electron chi connectivity index (χ0n) is 18.9. The molecule has 0 aliphatic carbocycles. The van der Waals surface area contributed by atoms with Gasteiger partial charge < -0.3 is 19.4 Å². The summed E-state index contributed by atoms with van der Waals surface area (Å²) in [6.45, 7) is 0. The summed E-state index contributed by atoms with van der Waals surface area (Å²) in [7, 11) is 6.59. The van der Waals surface area contributed by atoms with Crippen LogP contribution in [0.5, 0.6) is 11.5 Å². The molecule has 9 heteroatoms. The van der Waals surface area contributed by atoms with Crippen LogP contribution < -0.4 is 20.3 Å². The molecule has 0 saturated heterocycles. The highest BCUT2D eigenvalue weighted by Crippen LogP contribution is 2.29. The molecular weight excluding hydrogens is 422 g/mol. The summed E-state index contributed by atoms with van der Waals surface area (Å²) in [5.41, 5.74) is 1.07. The zero-order valence-corrected chi connectivity index (χ0v) is 18.9. The van der Waals surface area contributed by atoms with E-state index in [1.54, 1.807) is 51.7 Å². The normalized spacial score (nSPS) is 11.9. The van der Waals surface area contributed by atoms with E-state index < -0.39 is 6.04 Å². The summed E-state index contributed by atoms with van der Waals surface area (Å²) < 4.78 is 13.9. The van der Waals surface area contributed by atoms with E-state index in [4.69, 9.17) is 9.47 Å². The Kier molecular flexibility index (Phi) is 6.12. The van der Waals surface area contributed by atoms with Crippen molar-refractivity contribution in [1.29, 1.82) is 0 Å². The fraction of sp³-hybridized carbons (Fsp3) is 0.250. The molecule has 0 radical (unpaired) electrons. The van der Waals surface area contributed by atoms with Gasteiger partial charge in [0.05, 0.1) is 31.7 Å². The number of imidazole rings is 1. The summed E-state index contributed by atoms with van der Waals surface area (Å²) in [5, 5.41) is 8.59. The Morgan fingerprint density at radius 1 is 1.06 bits per heavy atom. The van der Waals surface area contributed by atoms with Gasteiger partial charge >= 0.3 is 0 Å². The van der Waals surface area contributed by atoms with Crippen molar-refractivity contribution in [3.63, 3.8) is 0 Å². The molecule has 2 aromatic heterocycles. The van der Waals surface area contributed by atoms with Crippen LogP contribution in [0.4, 0.5) is 0 Å². The van der Waals surface area contributed by atoms with Crippen LogP contribution in [0.25, 0.3) is 10.8 Å². The molecular formula is C24H25N5O4. The third-order valence-corrected chi connectivity index (χ3v) is 5.49. The van der Waals surface area contributed by atoms with Crippen molar-refractivity contribution in [2.75, 3.05) is 14.2 Å². The van der Waals surface area contributed by atoms with Gasteiger partial charge in [0.1, 0.15) is 23.4 Å². The van der Waals surface area contributed by atoms with Gasteiger partial charge in [-0.2, -0.15) is 5.10 Å². The first-order chi connectivity index (χ1) is 15.9. The number of hydrogen-bond acceptors (Lipinski definition) is 6. The average molecular weight is 447 g/mol. The SMILES string of the molecule is COc1cc(OC)cc(C(NC(=O)Cc2nn(C)c(=O)c3ccccc23)c2nccn2C)c1. The molecule has 1 unspecified atom stereocenters. The molecule has 4 aromatic rings. The van der Waals surface area contributed by atoms with Crippen LogP contribution in [0, 0.1) is 0 Å². The van der Waals surface area contributed by atoms with Gasteiger partial charge in [-0.3, -0.25) is 9.59 Å². The van der Waals surface area contributed by atoms with Crippen molar-refractivity contribution in [2.45, 2.75) is 12.5 Å². The van der Waals surface area contributed by atoms with E-state index in [1.165, 1.54) is 4.68 Å². The van der Waals surface area contributed by atoms with Crippen LogP contribution in [0.2, 0.25) is 0 Å². The molecule has 2 heterocycles. The second-order valence-corrected chi connectivity index (χ2v) is 7.64. The van der Waals surface area contributed by atoms with Crippen LogP contribution in [-0.2, 0) is 25.3 Å². The fourth-order valence-corrected chi connectivity index (χ4v) is 3.82. The first-order valence-electron chi connectivity index (χ1n) is 10.4. The van der Waals surface area contributed by atoms with E-state index >= 15 is 0 Å². The maximum absolute atomic E-state index is 13.2. The van der Waals surface area contributed by atoms with Gasteiger partial charge in [-0.25, -0.2) is 9.67 Å². The first kappa shape index (κ1) is 22.1. The minimum absolute atomic E-state index is 0.00331. The summed E-state index contributed by atoms with van der Waals surface area (Å²) in [5.74, 6) is 1.59. The quantitative estimate of drug-likeness (QED) is 0.466. The van der Waals surface area contributed by atoms with Crippen molar-refractivity contribution in [3.8, 4) is 11.5 Å².